The van der Waals surface area contributed by atoms with E-state index in [0.29, 0.717) is 0 Å². The molecule has 3 heteroatoms. The van der Waals surface area contributed by atoms with Crippen LogP contribution in [0.5, 0.6) is 0 Å². The van der Waals surface area contributed by atoms with Crippen molar-refractivity contribution in [3.05, 3.63) is 11.6 Å². The summed E-state index contributed by atoms with van der Waals surface area (Å²) in [5.41, 5.74) is 1.24. The number of likely N-dealkylation sites (N-methyl/N-ethyl adjacent to an activating group) is 1. The molecule has 0 bridgehead atoms. The summed E-state index contributed by atoms with van der Waals surface area (Å²) >= 11 is 0. The van der Waals surface area contributed by atoms with Gasteiger partial charge in [0.2, 0.25) is 0 Å². The SMILES string of the molecule is CCOC1(C(C=C(C)C)NC)CCOCC1. The fourth-order valence-electron chi connectivity index (χ4n) is 2.38. The average molecular weight is 227 g/mol. The fraction of sp³-hybridized carbons (Fsp3) is 0.846. The zero-order chi connectivity index (χ0) is 12.0. The summed E-state index contributed by atoms with van der Waals surface area (Å²) < 4.78 is 11.5. The van der Waals surface area contributed by atoms with Crippen molar-refractivity contribution >= 4 is 0 Å². The van der Waals surface area contributed by atoms with Crippen LogP contribution in [0.25, 0.3) is 0 Å². The number of hydrogen-bond acceptors (Lipinski definition) is 3. The Morgan fingerprint density at radius 2 is 2.06 bits per heavy atom. The van der Waals surface area contributed by atoms with E-state index in [2.05, 4.69) is 32.2 Å². The first-order valence-corrected chi connectivity index (χ1v) is 6.18. The van der Waals surface area contributed by atoms with Gasteiger partial charge in [0.25, 0.3) is 0 Å². The second-order valence-electron chi connectivity index (χ2n) is 4.62. The maximum atomic E-state index is 6.04. The Bertz CT molecular complexity index is 223. The Labute approximate surface area is 99.2 Å². The summed E-state index contributed by atoms with van der Waals surface area (Å²) in [7, 11) is 2.00. The molecule has 1 rings (SSSR count). The van der Waals surface area contributed by atoms with E-state index >= 15 is 0 Å². The average Bonchev–Trinajstić information content (AvgIpc) is 2.27. The van der Waals surface area contributed by atoms with E-state index in [0.717, 1.165) is 32.7 Å². The Kier molecular flexibility index (Phi) is 5.46. The molecule has 94 valence electrons. The molecule has 3 nitrogen and oxygen atoms in total. The Morgan fingerprint density at radius 1 is 1.44 bits per heavy atom. The second kappa shape index (κ2) is 6.38. The smallest absolute Gasteiger partial charge is 0.0913 e. The topological polar surface area (TPSA) is 30.5 Å². The molecule has 1 saturated heterocycles. The predicted octanol–water partition coefficient (Wildman–Crippen LogP) is 2.13. The first-order valence-electron chi connectivity index (χ1n) is 6.18. The highest BCUT2D eigenvalue weighted by Gasteiger charge is 2.39. The molecule has 0 spiro atoms. The molecule has 16 heavy (non-hydrogen) atoms. The van der Waals surface area contributed by atoms with Crippen molar-refractivity contribution in [1.82, 2.24) is 5.32 Å². The molecule has 0 aliphatic carbocycles. The lowest BCUT2D eigenvalue weighted by Crippen LogP contribution is -2.53. The molecule has 0 radical (unpaired) electrons. The Hall–Kier alpha value is -0.380. The largest absolute Gasteiger partial charge is 0.381 e. The lowest BCUT2D eigenvalue weighted by Gasteiger charge is -2.42. The van der Waals surface area contributed by atoms with Gasteiger partial charge in [-0.3, -0.25) is 0 Å². The summed E-state index contributed by atoms with van der Waals surface area (Å²) in [6.45, 7) is 8.68. The van der Waals surface area contributed by atoms with Crippen LogP contribution in [-0.4, -0.2) is 38.5 Å². The van der Waals surface area contributed by atoms with Crippen molar-refractivity contribution in [3.8, 4) is 0 Å². The van der Waals surface area contributed by atoms with Crippen molar-refractivity contribution in [2.75, 3.05) is 26.9 Å². The highest BCUT2D eigenvalue weighted by molar-refractivity contribution is 5.10. The van der Waals surface area contributed by atoms with Crippen molar-refractivity contribution in [1.29, 1.82) is 0 Å². The van der Waals surface area contributed by atoms with Crippen molar-refractivity contribution in [3.63, 3.8) is 0 Å². The molecular weight excluding hydrogens is 202 g/mol. The van der Waals surface area contributed by atoms with Crippen LogP contribution in [0.1, 0.15) is 33.6 Å². The van der Waals surface area contributed by atoms with E-state index in [4.69, 9.17) is 9.47 Å². The number of allylic oxidation sites excluding steroid dienone is 1. The minimum Gasteiger partial charge on any atom is -0.381 e. The third-order valence-corrected chi connectivity index (χ3v) is 3.15. The van der Waals surface area contributed by atoms with Gasteiger partial charge in [-0.15, -0.1) is 0 Å². The van der Waals surface area contributed by atoms with E-state index in [-0.39, 0.29) is 11.6 Å². The normalized spacial score (nSPS) is 21.5. The van der Waals surface area contributed by atoms with Crippen LogP contribution in [0.15, 0.2) is 11.6 Å². The van der Waals surface area contributed by atoms with Crippen LogP contribution < -0.4 is 5.32 Å². The quantitative estimate of drug-likeness (QED) is 0.730. The van der Waals surface area contributed by atoms with Crippen molar-refractivity contribution < 1.29 is 9.47 Å². The third-order valence-electron chi connectivity index (χ3n) is 3.15. The number of ether oxygens (including phenoxy) is 2. The molecular formula is C13H25NO2. The van der Waals surface area contributed by atoms with Gasteiger partial charge >= 0.3 is 0 Å². The van der Waals surface area contributed by atoms with Gasteiger partial charge in [0.1, 0.15) is 0 Å². The van der Waals surface area contributed by atoms with Gasteiger partial charge in [-0.1, -0.05) is 11.6 Å². The molecule has 1 fully saturated rings. The standard InChI is InChI=1S/C13H25NO2/c1-5-16-13(6-8-15-9-7-13)12(14-4)10-11(2)3/h10,12,14H,5-9H2,1-4H3. The summed E-state index contributed by atoms with van der Waals surface area (Å²) in [4.78, 5) is 0. The first-order chi connectivity index (χ1) is 7.64. The highest BCUT2D eigenvalue weighted by atomic mass is 16.5. The van der Waals surface area contributed by atoms with Crippen LogP contribution in [-0.2, 0) is 9.47 Å². The van der Waals surface area contributed by atoms with E-state index in [1.54, 1.807) is 0 Å². The van der Waals surface area contributed by atoms with E-state index < -0.39 is 0 Å². The molecule has 1 atom stereocenters. The molecule has 0 aromatic carbocycles. The number of hydrogen-bond donors (Lipinski definition) is 1. The van der Waals surface area contributed by atoms with Gasteiger partial charge in [-0.25, -0.2) is 0 Å². The first kappa shape index (κ1) is 13.7. The Morgan fingerprint density at radius 3 is 2.50 bits per heavy atom. The molecule has 1 heterocycles. The molecule has 1 aliphatic heterocycles. The van der Waals surface area contributed by atoms with E-state index in [1.807, 2.05) is 7.05 Å². The van der Waals surface area contributed by atoms with Crippen LogP contribution in [0.3, 0.4) is 0 Å². The van der Waals surface area contributed by atoms with Gasteiger partial charge in [-0.2, -0.15) is 0 Å². The van der Waals surface area contributed by atoms with E-state index in [9.17, 15) is 0 Å². The van der Waals surface area contributed by atoms with Gasteiger partial charge < -0.3 is 14.8 Å². The molecule has 0 saturated carbocycles. The van der Waals surface area contributed by atoms with Gasteiger partial charge in [0, 0.05) is 32.7 Å². The lowest BCUT2D eigenvalue weighted by atomic mass is 9.85. The monoisotopic (exact) mass is 227 g/mol. The van der Waals surface area contributed by atoms with Crippen molar-refractivity contribution in [2.45, 2.75) is 45.3 Å². The predicted molar refractivity (Wildman–Crippen MR) is 66.7 cm³/mol. The maximum absolute atomic E-state index is 6.04. The minimum atomic E-state index is -0.0843. The minimum absolute atomic E-state index is 0.0843. The number of nitrogens with one attached hydrogen (secondary N) is 1. The summed E-state index contributed by atoms with van der Waals surface area (Å²) in [6.07, 6.45) is 4.20. The highest BCUT2D eigenvalue weighted by Crippen LogP contribution is 2.30. The summed E-state index contributed by atoms with van der Waals surface area (Å²) in [5, 5.41) is 3.37. The molecule has 1 N–H and O–H groups in total. The molecule has 1 unspecified atom stereocenters. The lowest BCUT2D eigenvalue weighted by molar-refractivity contribution is -0.117. The van der Waals surface area contributed by atoms with Gasteiger partial charge in [-0.05, 0) is 27.8 Å². The zero-order valence-corrected chi connectivity index (χ0v) is 11.0. The van der Waals surface area contributed by atoms with Gasteiger partial charge in [0.15, 0.2) is 0 Å². The Balaban J connectivity index is 2.83. The van der Waals surface area contributed by atoms with E-state index in [1.165, 1.54) is 5.57 Å². The number of rotatable bonds is 5. The van der Waals surface area contributed by atoms with Crippen molar-refractivity contribution in [2.24, 2.45) is 0 Å². The fourth-order valence-corrected chi connectivity index (χ4v) is 2.38. The summed E-state index contributed by atoms with van der Waals surface area (Å²) in [6, 6.07) is 0.279. The van der Waals surface area contributed by atoms with Crippen LogP contribution in [0, 0.1) is 0 Å². The molecule has 0 aromatic rings. The molecule has 0 aromatic heterocycles. The third kappa shape index (κ3) is 3.30. The second-order valence-corrected chi connectivity index (χ2v) is 4.62. The van der Waals surface area contributed by atoms with Gasteiger partial charge in [0.05, 0.1) is 11.6 Å². The van der Waals surface area contributed by atoms with Crippen LogP contribution in [0.4, 0.5) is 0 Å². The maximum Gasteiger partial charge on any atom is 0.0913 e. The molecule has 1 aliphatic rings. The van der Waals surface area contributed by atoms with Crippen LogP contribution in [0.2, 0.25) is 0 Å². The van der Waals surface area contributed by atoms with Crippen LogP contribution >= 0.6 is 0 Å². The zero-order valence-electron chi connectivity index (χ0n) is 11.0. The molecule has 0 amide bonds. The summed E-state index contributed by atoms with van der Waals surface area (Å²) in [5.74, 6) is 0.